The van der Waals surface area contributed by atoms with E-state index in [0.29, 0.717) is 6.42 Å². The highest BCUT2D eigenvalue weighted by Gasteiger charge is 2.37. The molecule has 2 atom stereocenters. The minimum atomic E-state index is -1.16. The lowest BCUT2D eigenvalue weighted by molar-refractivity contribution is 0.187. The number of nitrogens with one attached hydrogen (secondary N) is 3. The van der Waals surface area contributed by atoms with E-state index in [1.807, 2.05) is 13.0 Å². The van der Waals surface area contributed by atoms with E-state index in [-0.39, 0.29) is 40.7 Å². The summed E-state index contributed by atoms with van der Waals surface area (Å²) in [6.45, 7) is 1.83. The zero-order valence-electron chi connectivity index (χ0n) is 16.9. The van der Waals surface area contributed by atoms with E-state index in [2.05, 4.69) is 25.9 Å². The molecule has 2 heterocycles. The second kappa shape index (κ2) is 9.42. The first-order chi connectivity index (χ1) is 14.9. The average molecular weight is 432 g/mol. The summed E-state index contributed by atoms with van der Waals surface area (Å²) in [7, 11) is 1.28. The number of halogens is 2. The van der Waals surface area contributed by atoms with Gasteiger partial charge in [-0.1, -0.05) is 6.92 Å². The third-order valence-electron chi connectivity index (χ3n) is 4.98. The van der Waals surface area contributed by atoms with Gasteiger partial charge in [0, 0.05) is 6.07 Å². The van der Waals surface area contributed by atoms with Crippen LogP contribution < -0.4 is 20.7 Å². The Morgan fingerprint density at radius 1 is 1.35 bits per heavy atom. The molecule has 31 heavy (non-hydrogen) atoms. The van der Waals surface area contributed by atoms with Crippen molar-refractivity contribution < 1.29 is 23.4 Å². The van der Waals surface area contributed by atoms with Crippen LogP contribution >= 0.6 is 0 Å². The van der Waals surface area contributed by atoms with Crippen molar-refractivity contribution in [3.63, 3.8) is 0 Å². The van der Waals surface area contributed by atoms with Crippen LogP contribution in [0.25, 0.3) is 0 Å². The van der Waals surface area contributed by atoms with Gasteiger partial charge in [0.1, 0.15) is 6.07 Å². The number of carbonyl (C=O) groups is 1. The molecule has 0 bridgehead atoms. The zero-order chi connectivity index (χ0) is 22.5. The van der Waals surface area contributed by atoms with Crippen LogP contribution in [0.2, 0.25) is 0 Å². The Morgan fingerprint density at radius 3 is 2.65 bits per heavy atom. The third-order valence-corrected chi connectivity index (χ3v) is 4.98. The fraction of sp³-hybridized carbons (Fsp3) is 0.400. The van der Waals surface area contributed by atoms with Crippen LogP contribution in [0.3, 0.4) is 0 Å². The predicted octanol–water partition coefficient (Wildman–Crippen LogP) is 3.62. The molecule has 0 aliphatic heterocycles. The molecule has 3 rings (SSSR count). The molecule has 1 saturated carbocycles. The summed E-state index contributed by atoms with van der Waals surface area (Å²) in [5.74, 6) is -1.62. The Hall–Kier alpha value is -3.68. The van der Waals surface area contributed by atoms with Gasteiger partial charge in [-0.05, 0) is 31.2 Å². The Morgan fingerprint density at radius 2 is 2.10 bits per heavy atom. The molecule has 2 aromatic rings. The predicted molar refractivity (Wildman–Crippen MR) is 108 cm³/mol. The zero-order valence-corrected chi connectivity index (χ0v) is 16.9. The van der Waals surface area contributed by atoms with Crippen LogP contribution in [0.4, 0.5) is 30.9 Å². The van der Waals surface area contributed by atoms with E-state index in [9.17, 15) is 18.8 Å². The second-order valence-electron chi connectivity index (χ2n) is 7.14. The lowest BCUT2D eigenvalue weighted by Crippen LogP contribution is -2.47. The number of ether oxygens (including phenoxy) is 1. The monoisotopic (exact) mass is 432 g/mol. The van der Waals surface area contributed by atoms with Gasteiger partial charge in [-0.15, -0.1) is 0 Å². The molecule has 0 aromatic carbocycles. The molecule has 1 fully saturated rings. The summed E-state index contributed by atoms with van der Waals surface area (Å²) in [6, 6.07) is 3.16. The quantitative estimate of drug-likeness (QED) is 0.472. The SMILES string of the molecule is CC[C@H](NC(=O)O)[C@@H](Nc1nc(Nc2cnc(OC)c(F)c2)c(C#N)cc1F)C1CC1. The van der Waals surface area contributed by atoms with E-state index < -0.39 is 23.8 Å². The van der Waals surface area contributed by atoms with E-state index in [4.69, 9.17) is 9.84 Å². The highest BCUT2D eigenvalue weighted by molar-refractivity contribution is 5.66. The van der Waals surface area contributed by atoms with Crippen molar-refractivity contribution >= 4 is 23.4 Å². The van der Waals surface area contributed by atoms with Crippen molar-refractivity contribution in [2.75, 3.05) is 17.7 Å². The van der Waals surface area contributed by atoms with Crippen LogP contribution in [0, 0.1) is 28.9 Å². The largest absolute Gasteiger partial charge is 0.479 e. The molecule has 1 aliphatic rings. The Labute approximate surface area is 177 Å². The maximum atomic E-state index is 14.7. The molecule has 164 valence electrons. The van der Waals surface area contributed by atoms with Crippen molar-refractivity contribution in [3.05, 3.63) is 35.5 Å². The molecule has 1 amide bonds. The molecule has 9 nitrogen and oxygen atoms in total. The number of carboxylic acid groups (broad SMARTS) is 1. The number of amides is 1. The van der Waals surface area contributed by atoms with Crippen molar-refractivity contribution in [2.45, 2.75) is 38.3 Å². The minimum absolute atomic E-state index is 0.00607. The summed E-state index contributed by atoms with van der Waals surface area (Å²) in [5, 5.41) is 26.7. The number of pyridine rings is 2. The number of methoxy groups -OCH3 is 1. The fourth-order valence-electron chi connectivity index (χ4n) is 3.32. The van der Waals surface area contributed by atoms with Crippen LogP contribution in [0.5, 0.6) is 5.88 Å². The van der Waals surface area contributed by atoms with Crippen molar-refractivity contribution in [2.24, 2.45) is 5.92 Å². The summed E-state index contributed by atoms with van der Waals surface area (Å²) < 4.78 is 33.4. The molecule has 0 spiro atoms. The molecule has 0 saturated heterocycles. The summed E-state index contributed by atoms with van der Waals surface area (Å²) >= 11 is 0. The van der Waals surface area contributed by atoms with Gasteiger partial charge in [0.05, 0.1) is 36.6 Å². The highest BCUT2D eigenvalue weighted by atomic mass is 19.1. The lowest BCUT2D eigenvalue weighted by Gasteiger charge is -2.28. The van der Waals surface area contributed by atoms with Crippen LogP contribution in [0.1, 0.15) is 31.7 Å². The van der Waals surface area contributed by atoms with E-state index in [1.54, 1.807) is 0 Å². The van der Waals surface area contributed by atoms with E-state index >= 15 is 0 Å². The molecule has 0 unspecified atom stereocenters. The molecular formula is C20H22F2N6O3. The van der Waals surface area contributed by atoms with Crippen LogP contribution in [0.15, 0.2) is 18.3 Å². The summed E-state index contributed by atoms with van der Waals surface area (Å²) in [4.78, 5) is 19.1. The smallest absolute Gasteiger partial charge is 0.404 e. The van der Waals surface area contributed by atoms with Gasteiger partial charge in [0.2, 0.25) is 5.88 Å². The maximum absolute atomic E-state index is 14.7. The van der Waals surface area contributed by atoms with Crippen LogP contribution in [-0.2, 0) is 0 Å². The summed E-state index contributed by atoms with van der Waals surface area (Å²) in [6.07, 6.45) is 2.40. The average Bonchev–Trinajstić information content (AvgIpc) is 3.57. The Kier molecular flexibility index (Phi) is 6.69. The normalized spacial score (nSPS) is 14.8. The molecule has 4 N–H and O–H groups in total. The topological polar surface area (TPSA) is 132 Å². The fourth-order valence-corrected chi connectivity index (χ4v) is 3.32. The first-order valence-electron chi connectivity index (χ1n) is 9.69. The van der Waals surface area contributed by atoms with Gasteiger partial charge in [0.25, 0.3) is 0 Å². The number of nitriles is 1. The number of rotatable bonds is 9. The molecular weight excluding hydrogens is 410 g/mol. The Balaban J connectivity index is 1.90. The minimum Gasteiger partial charge on any atom is -0.479 e. The lowest BCUT2D eigenvalue weighted by atomic mass is 10.0. The van der Waals surface area contributed by atoms with Crippen molar-refractivity contribution in [1.29, 1.82) is 5.26 Å². The van der Waals surface area contributed by atoms with Crippen LogP contribution in [-0.4, -0.2) is 40.4 Å². The van der Waals surface area contributed by atoms with Crippen molar-refractivity contribution in [3.8, 4) is 11.9 Å². The molecule has 11 heteroatoms. The molecule has 2 aromatic heterocycles. The molecule has 1 aliphatic carbocycles. The Bertz CT molecular complexity index is 1010. The van der Waals surface area contributed by atoms with E-state index in [1.165, 1.54) is 13.3 Å². The number of hydrogen-bond acceptors (Lipinski definition) is 7. The van der Waals surface area contributed by atoms with Gasteiger partial charge < -0.3 is 25.8 Å². The standard InChI is InChI=1S/C20H22F2N6O3/c1-3-15(26-20(29)30)16(10-4-5-10)27-18-13(21)6-11(8-23)17(28-18)25-12-7-14(22)19(31-2)24-9-12/h6-7,9-10,15-16,26H,3-5H2,1-2H3,(H,29,30)(H2,25,27,28)/t15-,16-/m0/s1. The maximum Gasteiger partial charge on any atom is 0.404 e. The number of aromatic nitrogens is 2. The van der Waals surface area contributed by atoms with Crippen molar-refractivity contribution in [1.82, 2.24) is 15.3 Å². The van der Waals surface area contributed by atoms with Gasteiger partial charge >= 0.3 is 6.09 Å². The first-order valence-corrected chi connectivity index (χ1v) is 9.69. The third kappa shape index (κ3) is 5.28. The molecule has 0 radical (unpaired) electrons. The summed E-state index contributed by atoms with van der Waals surface area (Å²) in [5.41, 5.74) is 0.107. The second-order valence-corrected chi connectivity index (χ2v) is 7.14. The van der Waals surface area contributed by atoms with E-state index in [0.717, 1.165) is 25.0 Å². The highest BCUT2D eigenvalue weighted by Crippen LogP contribution is 2.37. The van der Waals surface area contributed by atoms with Gasteiger partial charge in [-0.3, -0.25) is 0 Å². The van der Waals surface area contributed by atoms with Gasteiger partial charge in [0.15, 0.2) is 23.3 Å². The van der Waals surface area contributed by atoms with Gasteiger partial charge in [-0.2, -0.15) is 5.26 Å². The van der Waals surface area contributed by atoms with Gasteiger partial charge in [-0.25, -0.2) is 23.5 Å². The first kappa shape index (κ1) is 22.0. The number of anilines is 3. The number of nitrogens with zero attached hydrogens (tertiary/aromatic N) is 3. The number of hydrogen-bond donors (Lipinski definition) is 4.